The van der Waals surface area contributed by atoms with Crippen molar-refractivity contribution in [3.63, 3.8) is 0 Å². The summed E-state index contributed by atoms with van der Waals surface area (Å²) in [6, 6.07) is 12.7. The van der Waals surface area contributed by atoms with Gasteiger partial charge in [0.05, 0.1) is 30.4 Å². The Morgan fingerprint density at radius 3 is 2.22 bits per heavy atom. The largest absolute Gasteiger partial charge is 0.497 e. The van der Waals surface area contributed by atoms with E-state index in [2.05, 4.69) is 5.32 Å². The minimum absolute atomic E-state index is 0.00385. The Morgan fingerprint density at radius 1 is 0.972 bits per heavy atom. The van der Waals surface area contributed by atoms with Crippen molar-refractivity contribution < 1.29 is 37.3 Å². The molecule has 0 aliphatic rings. The Kier molecular flexibility index (Phi) is 8.70. The minimum atomic E-state index is -4.62. The fourth-order valence-corrected chi connectivity index (χ4v) is 3.72. The zero-order valence-electron chi connectivity index (χ0n) is 19.8. The van der Waals surface area contributed by atoms with Crippen LogP contribution in [0.3, 0.4) is 0 Å². The summed E-state index contributed by atoms with van der Waals surface area (Å²) in [5.74, 6) is 0.00121. The highest BCUT2D eigenvalue weighted by Crippen LogP contribution is 2.36. The first-order valence-corrected chi connectivity index (χ1v) is 11.2. The van der Waals surface area contributed by atoms with Crippen LogP contribution < -0.4 is 19.5 Å². The molecule has 3 aromatic carbocycles. The maximum atomic E-state index is 13.5. The van der Waals surface area contributed by atoms with Crippen molar-refractivity contribution in [2.24, 2.45) is 0 Å². The molecule has 1 atom stereocenters. The molecule has 0 saturated carbocycles. The normalized spacial score (nSPS) is 12.2. The van der Waals surface area contributed by atoms with Gasteiger partial charge in [-0.15, -0.1) is 0 Å². The van der Waals surface area contributed by atoms with E-state index < -0.39 is 17.7 Å². The third-order valence-corrected chi connectivity index (χ3v) is 5.79. The van der Waals surface area contributed by atoms with Gasteiger partial charge in [-0.1, -0.05) is 17.7 Å². The molecule has 6 nitrogen and oxygen atoms in total. The molecule has 0 bridgehead atoms. The first-order chi connectivity index (χ1) is 17.0. The first-order valence-electron chi connectivity index (χ1n) is 10.9. The van der Waals surface area contributed by atoms with Gasteiger partial charge < -0.3 is 24.6 Å². The predicted octanol–water partition coefficient (Wildman–Crippen LogP) is 6.47. The van der Waals surface area contributed by atoms with E-state index in [4.69, 9.17) is 25.8 Å². The van der Waals surface area contributed by atoms with Gasteiger partial charge in [0.15, 0.2) is 0 Å². The fourth-order valence-electron chi connectivity index (χ4n) is 3.52. The molecule has 0 fully saturated rings. The number of aromatic carboxylic acids is 1. The number of hydrogen-bond acceptors (Lipinski definition) is 5. The van der Waals surface area contributed by atoms with Crippen molar-refractivity contribution in [1.29, 1.82) is 0 Å². The molecule has 2 N–H and O–H groups in total. The van der Waals surface area contributed by atoms with Gasteiger partial charge in [-0.2, -0.15) is 13.2 Å². The van der Waals surface area contributed by atoms with Gasteiger partial charge in [-0.3, -0.25) is 0 Å². The van der Waals surface area contributed by atoms with E-state index in [1.165, 1.54) is 24.3 Å². The molecular formula is C26H25ClF3NO5. The molecule has 0 amide bonds. The predicted molar refractivity (Wildman–Crippen MR) is 130 cm³/mol. The van der Waals surface area contributed by atoms with Crippen LogP contribution in [0.15, 0.2) is 54.6 Å². The van der Waals surface area contributed by atoms with Crippen LogP contribution in [0.5, 0.6) is 17.2 Å². The van der Waals surface area contributed by atoms with E-state index in [-0.39, 0.29) is 40.1 Å². The zero-order valence-corrected chi connectivity index (χ0v) is 20.5. The van der Waals surface area contributed by atoms with Gasteiger partial charge >= 0.3 is 12.1 Å². The molecule has 192 valence electrons. The summed E-state index contributed by atoms with van der Waals surface area (Å²) in [6.07, 6.45) is -4.62. The lowest BCUT2D eigenvalue weighted by molar-refractivity contribution is -0.137. The third-order valence-electron chi connectivity index (χ3n) is 5.46. The number of carboxylic acid groups (broad SMARTS) is 1. The Hall–Kier alpha value is -3.43. The lowest BCUT2D eigenvalue weighted by Gasteiger charge is -2.17. The van der Waals surface area contributed by atoms with Gasteiger partial charge in [-0.25, -0.2) is 4.79 Å². The average Bonchev–Trinajstić information content (AvgIpc) is 2.85. The molecule has 0 aromatic heterocycles. The highest BCUT2D eigenvalue weighted by molar-refractivity contribution is 6.33. The molecule has 1 unspecified atom stereocenters. The second kappa shape index (κ2) is 11.5. The van der Waals surface area contributed by atoms with Crippen LogP contribution in [0.4, 0.5) is 13.2 Å². The standard InChI is InChI=1S/C26H25ClF3NO5/c1-15(17-9-20(34-2)14-21(10-17)35-3)31-6-7-36-22-11-18(8-19(13-22)26(28,29)30)16-4-5-24(27)23(12-16)25(32)33/h4-5,8-15,31H,6-7H2,1-3H3,(H,32,33). The van der Waals surface area contributed by atoms with Gasteiger partial charge in [-0.05, 0) is 66.1 Å². The summed E-state index contributed by atoms with van der Waals surface area (Å²) in [5, 5.41) is 12.5. The lowest BCUT2D eigenvalue weighted by Crippen LogP contribution is -2.24. The summed E-state index contributed by atoms with van der Waals surface area (Å²) < 4.78 is 56.8. The molecule has 3 rings (SSSR count). The molecule has 0 aliphatic heterocycles. The van der Waals surface area contributed by atoms with Crippen LogP contribution in [-0.4, -0.2) is 38.4 Å². The molecule has 0 heterocycles. The van der Waals surface area contributed by atoms with Gasteiger partial charge in [0.1, 0.15) is 23.9 Å². The van der Waals surface area contributed by atoms with Crippen LogP contribution in [0.1, 0.15) is 34.5 Å². The number of methoxy groups -OCH3 is 2. The van der Waals surface area contributed by atoms with E-state index in [1.54, 1.807) is 20.3 Å². The van der Waals surface area contributed by atoms with E-state index in [0.717, 1.165) is 17.7 Å². The molecule has 0 saturated heterocycles. The maximum absolute atomic E-state index is 13.5. The summed E-state index contributed by atoms with van der Waals surface area (Å²) in [4.78, 5) is 11.4. The van der Waals surface area contributed by atoms with E-state index >= 15 is 0 Å². The molecular weight excluding hydrogens is 499 g/mol. The van der Waals surface area contributed by atoms with Crippen molar-refractivity contribution in [1.82, 2.24) is 5.32 Å². The van der Waals surface area contributed by atoms with E-state index in [0.29, 0.717) is 18.0 Å². The van der Waals surface area contributed by atoms with Gasteiger partial charge in [0, 0.05) is 18.7 Å². The molecule has 0 spiro atoms. The summed E-state index contributed by atoms with van der Waals surface area (Å²) in [6.45, 7) is 2.36. The molecule has 3 aromatic rings. The van der Waals surface area contributed by atoms with Crippen LogP contribution >= 0.6 is 11.6 Å². The van der Waals surface area contributed by atoms with Crippen molar-refractivity contribution in [2.45, 2.75) is 19.1 Å². The topological polar surface area (TPSA) is 77.0 Å². The highest BCUT2D eigenvalue weighted by atomic mass is 35.5. The van der Waals surface area contributed by atoms with E-state index in [9.17, 15) is 23.1 Å². The summed E-state index contributed by atoms with van der Waals surface area (Å²) in [5.41, 5.74) is 0.216. The fraction of sp³-hybridized carbons (Fsp3) is 0.269. The number of benzene rings is 3. The zero-order chi connectivity index (χ0) is 26.5. The van der Waals surface area contributed by atoms with E-state index in [1.807, 2.05) is 19.1 Å². The lowest BCUT2D eigenvalue weighted by atomic mass is 10.00. The Labute approximate surface area is 211 Å². The Morgan fingerprint density at radius 2 is 1.64 bits per heavy atom. The van der Waals surface area contributed by atoms with Crippen LogP contribution in [0.25, 0.3) is 11.1 Å². The molecule has 10 heteroatoms. The van der Waals surface area contributed by atoms with Gasteiger partial charge in [0.2, 0.25) is 0 Å². The molecule has 0 radical (unpaired) electrons. The van der Waals surface area contributed by atoms with Gasteiger partial charge in [0.25, 0.3) is 0 Å². The van der Waals surface area contributed by atoms with Crippen molar-refractivity contribution in [3.05, 3.63) is 76.3 Å². The number of hydrogen-bond donors (Lipinski definition) is 2. The molecule has 0 aliphatic carbocycles. The second-order valence-electron chi connectivity index (χ2n) is 7.91. The number of carbonyl (C=O) groups is 1. The number of halogens is 4. The van der Waals surface area contributed by atoms with Crippen LogP contribution in [0, 0.1) is 0 Å². The number of nitrogens with one attached hydrogen (secondary N) is 1. The number of alkyl halides is 3. The highest BCUT2D eigenvalue weighted by Gasteiger charge is 2.31. The van der Waals surface area contributed by atoms with Crippen molar-refractivity contribution in [2.75, 3.05) is 27.4 Å². The number of carboxylic acids is 1. The SMILES string of the molecule is COc1cc(OC)cc(C(C)NCCOc2cc(-c3ccc(Cl)c(C(=O)O)c3)cc(C(F)(F)F)c2)c1. The minimum Gasteiger partial charge on any atom is -0.497 e. The summed E-state index contributed by atoms with van der Waals surface area (Å²) in [7, 11) is 3.11. The Balaban J connectivity index is 1.75. The smallest absolute Gasteiger partial charge is 0.416 e. The van der Waals surface area contributed by atoms with Crippen LogP contribution in [-0.2, 0) is 6.18 Å². The Bertz CT molecular complexity index is 1210. The molecule has 36 heavy (non-hydrogen) atoms. The third kappa shape index (κ3) is 6.83. The number of ether oxygens (including phenoxy) is 3. The average molecular weight is 524 g/mol. The number of rotatable bonds is 10. The van der Waals surface area contributed by atoms with Crippen LogP contribution in [0.2, 0.25) is 5.02 Å². The maximum Gasteiger partial charge on any atom is 0.416 e. The van der Waals surface area contributed by atoms with Crippen molar-refractivity contribution in [3.8, 4) is 28.4 Å². The quantitative estimate of drug-likeness (QED) is 0.297. The monoisotopic (exact) mass is 523 g/mol. The second-order valence-corrected chi connectivity index (χ2v) is 8.32. The first kappa shape index (κ1) is 27.2. The summed E-state index contributed by atoms with van der Waals surface area (Å²) >= 11 is 5.90. The van der Waals surface area contributed by atoms with Crippen molar-refractivity contribution >= 4 is 17.6 Å².